The highest BCUT2D eigenvalue weighted by atomic mass is 15.3. The minimum Gasteiger partial charge on any atom is -0.301 e. The van der Waals surface area contributed by atoms with Gasteiger partial charge in [0.05, 0.1) is 0 Å². The van der Waals surface area contributed by atoms with E-state index < -0.39 is 0 Å². The van der Waals surface area contributed by atoms with Crippen LogP contribution in [0.2, 0.25) is 0 Å². The Morgan fingerprint density at radius 2 is 1.19 bits per heavy atom. The fraction of sp³-hybridized carbons (Fsp3) is 1.00. The van der Waals surface area contributed by atoms with E-state index in [0.717, 1.165) is 12.0 Å². The zero-order valence-corrected chi connectivity index (χ0v) is 21.4. The molecule has 5 nitrogen and oxygen atoms in total. The third-order valence-corrected chi connectivity index (χ3v) is 8.82. The Kier molecular flexibility index (Phi) is 7.70. The summed E-state index contributed by atoms with van der Waals surface area (Å²) in [6.07, 6.45) is 6.98. The lowest BCUT2D eigenvalue weighted by atomic mass is 9.95. The predicted octanol–water partition coefficient (Wildman–Crippen LogP) is 3.06. The Bertz CT molecular complexity index is 543. The SMILES string of the molecule is CC(C)(C)N1CCC(N2CCN(CCC(C)(C)N3CCN(CC4CC4)CC3)CC2)CC1. The zero-order chi connectivity index (χ0) is 22.1. The van der Waals surface area contributed by atoms with Gasteiger partial charge in [0.25, 0.3) is 0 Å². The molecule has 3 heterocycles. The second-order valence-electron chi connectivity index (χ2n) is 12.6. The number of hydrogen-bond donors (Lipinski definition) is 0. The number of rotatable bonds is 7. The molecule has 0 radical (unpaired) electrons. The van der Waals surface area contributed by atoms with Crippen LogP contribution < -0.4 is 0 Å². The summed E-state index contributed by atoms with van der Waals surface area (Å²) >= 11 is 0. The van der Waals surface area contributed by atoms with E-state index in [1.54, 1.807) is 0 Å². The van der Waals surface area contributed by atoms with Crippen molar-refractivity contribution in [2.75, 3.05) is 78.5 Å². The van der Waals surface area contributed by atoms with E-state index in [4.69, 9.17) is 0 Å². The van der Waals surface area contributed by atoms with Gasteiger partial charge in [-0.1, -0.05) is 0 Å². The normalized spacial score (nSPS) is 27.8. The first-order valence-electron chi connectivity index (χ1n) is 13.4. The van der Waals surface area contributed by atoms with E-state index in [-0.39, 0.29) is 0 Å². The first-order valence-corrected chi connectivity index (χ1v) is 13.4. The summed E-state index contributed by atoms with van der Waals surface area (Å²) in [5, 5.41) is 0. The lowest BCUT2D eigenvalue weighted by Crippen LogP contribution is -2.57. The highest BCUT2D eigenvalue weighted by Gasteiger charge is 2.34. The topological polar surface area (TPSA) is 16.2 Å². The monoisotopic (exact) mass is 433 g/mol. The molecule has 1 aliphatic carbocycles. The zero-order valence-electron chi connectivity index (χ0n) is 21.4. The average molecular weight is 434 g/mol. The molecule has 0 bridgehead atoms. The molecular formula is C26H51N5. The van der Waals surface area contributed by atoms with Crippen LogP contribution in [0.15, 0.2) is 0 Å². The summed E-state index contributed by atoms with van der Waals surface area (Å²) in [5.41, 5.74) is 0.670. The summed E-state index contributed by atoms with van der Waals surface area (Å²) < 4.78 is 0. The fourth-order valence-electron chi connectivity index (χ4n) is 6.05. The molecule has 0 unspecified atom stereocenters. The van der Waals surface area contributed by atoms with Crippen molar-refractivity contribution in [2.24, 2.45) is 5.92 Å². The van der Waals surface area contributed by atoms with Crippen molar-refractivity contribution in [3.8, 4) is 0 Å². The Morgan fingerprint density at radius 1 is 0.613 bits per heavy atom. The lowest BCUT2D eigenvalue weighted by molar-refractivity contribution is 0.0190. The van der Waals surface area contributed by atoms with Gasteiger partial charge in [0.2, 0.25) is 0 Å². The highest BCUT2D eigenvalue weighted by Crippen LogP contribution is 2.31. The minimum atomic E-state index is 0.334. The van der Waals surface area contributed by atoms with Gasteiger partial charge in [0.1, 0.15) is 0 Å². The molecule has 0 aromatic carbocycles. The van der Waals surface area contributed by atoms with Gasteiger partial charge in [0.15, 0.2) is 0 Å². The van der Waals surface area contributed by atoms with E-state index in [0.29, 0.717) is 11.1 Å². The molecular weight excluding hydrogens is 382 g/mol. The lowest BCUT2D eigenvalue weighted by Gasteiger charge is -2.47. The second kappa shape index (κ2) is 9.97. The fourth-order valence-corrected chi connectivity index (χ4v) is 6.05. The summed E-state index contributed by atoms with van der Waals surface area (Å²) in [4.78, 5) is 13.7. The van der Waals surface area contributed by atoms with Gasteiger partial charge in [-0.3, -0.25) is 14.7 Å². The Balaban J connectivity index is 1.13. The van der Waals surface area contributed by atoms with Gasteiger partial charge in [-0.25, -0.2) is 0 Å². The number of likely N-dealkylation sites (tertiary alicyclic amines) is 1. The molecule has 3 saturated heterocycles. The molecule has 4 aliphatic rings. The number of hydrogen-bond acceptors (Lipinski definition) is 5. The molecule has 0 atom stereocenters. The van der Waals surface area contributed by atoms with Crippen LogP contribution in [0.25, 0.3) is 0 Å². The smallest absolute Gasteiger partial charge is 0.0166 e. The van der Waals surface area contributed by atoms with Crippen LogP contribution in [0, 0.1) is 5.92 Å². The molecule has 0 N–H and O–H groups in total. The Hall–Kier alpha value is -0.200. The van der Waals surface area contributed by atoms with Gasteiger partial charge in [-0.05, 0) is 79.2 Å². The summed E-state index contributed by atoms with van der Waals surface area (Å²) in [6, 6.07) is 0.823. The molecule has 0 aromatic heterocycles. The number of piperazine rings is 2. The van der Waals surface area contributed by atoms with Gasteiger partial charge in [0, 0.05) is 89.1 Å². The molecule has 4 rings (SSSR count). The molecule has 180 valence electrons. The van der Waals surface area contributed by atoms with Crippen LogP contribution in [0.3, 0.4) is 0 Å². The van der Waals surface area contributed by atoms with E-state index in [1.165, 1.54) is 111 Å². The molecule has 31 heavy (non-hydrogen) atoms. The summed E-state index contributed by atoms with van der Waals surface area (Å²) in [5.74, 6) is 1.03. The van der Waals surface area contributed by atoms with Crippen LogP contribution >= 0.6 is 0 Å². The maximum absolute atomic E-state index is 2.81. The maximum Gasteiger partial charge on any atom is 0.0166 e. The predicted molar refractivity (Wildman–Crippen MR) is 132 cm³/mol. The molecule has 0 spiro atoms. The minimum absolute atomic E-state index is 0.334. The molecule has 4 fully saturated rings. The summed E-state index contributed by atoms with van der Waals surface area (Å²) in [6.45, 7) is 27.4. The van der Waals surface area contributed by atoms with Gasteiger partial charge in [-0.15, -0.1) is 0 Å². The first-order chi connectivity index (χ1) is 14.7. The first kappa shape index (κ1) is 23.9. The molecule has 1 saturated carbocycles. The van der Waals surface area contributed by atoms with E-state index >= 15 is 0 Å². The highest BCUT2D eigenvalue weighted by molar-refractivity contribution is 4.90. The third kappa shape index (κ3) is 6.66. The third-order valence-electron chi connectivity index (χ3n) is 8.82. The van der Waals surface area contributed by atoms with Crippen LogP contribution in [-0.4, -0.2) is 120 Å². The standard InChI is InChI=1S/C26H51N5/c1-25(2,3)30-11-8-24(9-12-30)29-18-14-27(15-19-29)13-10-26(4,5)31-20-16-28(17-21-31)22-23-6-7-23/h23-24H,6-22H2,1-5H3. The summed E-state index contributed by atoms with van der Waals surface area (Å²) in [7, 11) is 0. The second-order valence-corrected chi connectivity index (χ2v) is 12.6. The number of piperidine rings is 1. The average Bonchev–Trinajstić information content (AvgIpc) is 3.57. The molecule has 5 heteroatoms. The van der Waals surface area contributed by atoms with Crippen molar-refractivity contribution in [3.63, 3.8) is 0 Å². The van der Waals surface area contributed by atoms with Crippen LogP contribution in [0.1, 0.15) is 66.7 Å². The van der Waals surface area contributed by atoms with E-state index in [9.17, 15) is 0 Å². The van der Waals surface area contributed by atoms with Crippen molar-refractivity contribution in [3.05, 3.63) is 0 Å². The van der Waals surface area contributed by atoms with Crippen LogP contribution in [0.5, 0.6) is 0 Å². The van der Waals surface area contributed by atoms with Gasteiger partial charge < -0.3 is 9.80 Å². The van der Waals surface area contributed by atoms with Gasteiger partial charge >= 0.3 is 0 Å². The van der Waals surface area contributed by atoms with E-state index in [2.05, 4.69) is 59.1 Å². The van der Waals surface area contributed by atoms with E-state index in [1.807, 2.05) is 0 Å². The quantitative estimate of drug-likeness (QED) is 0.612. The van der Waals surface area contributed by atoms with Crippen molar-refractivity contribution >= 4 is 0 Å². The molecule has 0 amide bonds. The number of nitrogens with zero attached hydrogens (tertiary/aromatic N) is 5. The maximum atomic E-state index is 2.81. The van der Waals surface area contributed by atoms with Crippen LogP contribution in [0.4, 0.5) is 0 Å². The van der Waals surface area contributed by atoms with Crippen molar-refractivity contribution in [1.29, 1.82) is 0 Å². The van der Waals surface area contributed by atoms with Crippen molar-refractivity contribution in [1.82, 2.24) is 24.5 Å². The molecule has 3 aliphatic heterocycles. The van der Waals surface area contributed by atoms with Crippen molar-refractivity contribution < 1.29 is 0 Å². The Labute approximate surface area is 193 Å². The van der Waals surface area contributed by atoms with Crippen molar-refractivity contribution in [2.45, 2.75) is 83.8 Å². The Morgan fingerprint density at radius 3 is 1.74 bits per heavy atom. The largest absolute Gasteiger partial charge is 0.301 e. The van der Waals surface area contributed by atoms with Gasteiger partial charge in [-0.2, -0.15) is 0 Å². The molecule has 0 aromatic rings. The van der Waals surface area contributed by atoms with Crippen LogP contribution in [-0.2, 0) is 0 Å².